The first-order valence-corrected chi connectivity index (χ1v) is 4.81. The number of imidazole rings is 1. The van der Waals surface area contributed by atoms with Crippen LogP contribution in [0.15, 0.2) is 18.7 Å². The van der Waals surface area contributed by atoms with Crippen molar-refractivity contribution >= 4 is 17.5 Å². The molecule has 2 heterocycles. The Morgan fingerprint density at radius 3 is 2.93 bits per heavy atom. The maximum atomic E-state index is 5.77. The summed E-state index contributed by atoms with van der Waals surface area (Å²) in [6.07, 6.45) is 4.98. The molecule has 0 atom stereocenters. The van der Waals surface area contributed by atoms with Crippen molar-refractivity contribution in [1.29, 1.82) is 0 Å². The highest BCUT2D eigenvalue weighted by molar-refractivity contribution is 6.28. The van der Waals surface area contributed by atoms with Gasteiger partial charge in [0.25, 0.3) is 0 Å². The Morgan fingerprint density at radius 2 is 2.27 bits per heavy atom. The zero-order valence-corrected chi connectivity index (χ0v) is 8.81. The molecule has 0 aliphatic heterocycles. The van der Waals surface area contributed by atoms with Crippen LogP contribution in [0.3, 0.4) is 0 Å². The van der Waals surface area contributed by atoms with E-state index in [1.54, 1.807) is 23.3 Å². The van der Waals surface area contributed by atoms with Crippen molar-refractivity contribution in [3.8, 4) is 5.95 Å². The molecule has 0 bridgehead atoms. The highest BCUT2D eigenvalue weighted by Gasteiger charge is 2.05. The van der Waals surface area contributed by atoms with Crippen LogP contribution in [-0.4, -0.2) is 31.0 Å². The van der Waals surface area contributed by atoms with Crippen molar-refractivity contribution in [2.24, 2.45) is 0 Å². The minimum absolute atomic E-state index is 0.157. The van der Waals surface area contributed by atoms with E-state index >= 15 is 0 Å². The summed E-state index contributed by atoms with van der Waals surface area (Å²) in [6.45, 7) is 2.68. The Balaban J connectivity index is 2.40. The van der Waals surface area contributed by atoms with E-state index in [1.165, 1.54) is 0 Å². The molecule has 2 rings (SSSR count). The molecule has 0 saturated carbocycles. The fourth-order valence-electron chi connectivity index (χ4n) is 1.07. The molecule has 0 unspecified atom stereocenters. The van der Waals surface area contributed by atoms with E-state index in [1.807, 2.05) is 6.92 Å². The second-order valence-electron chi connectivity index (χ2n) is 2.73. The predicted molar refractivity (Wildman–Crippen MR) is 56.1 cm³/mol. The fourth-order valence-corrected chi connectivity index (χ4v) is 1.23. The van der Waals surface area contributed by atoms with E-state index in [2.05, 4.69) is 25.3 Å². The average molecular weight is 225 g/mol. The third-order valence-electron chi connectivity index (χ3n) is 1.67. The van der Waals surface area contributed by atoms with Gasteiger partial charge in [-0.15, -0.1) is 0 Å². The third-order valence-corrected chi connectivity index (χ3v) is 1.84. The zero-order valence-electron chi connectivity index (χ0n) is 8.05. The molecule has 78 valence electrons. The molecule has 15 heavy (non-hydrogen) atoms. The topological polar surface area (TPSA) is 68.5 Å². The van der Waals surface area contributed by atoms with Gasteiger partial charge in [-0.25, -0.2) is 4.98 Å². The minimum atomic E-state index is 0.157. The molecule has 0 fully saturated rings. The number of hydrogen-bond donors (Lipinski definition) is 1. The summed E-state index contributed by atoms with van der Waals surface area (Å²) in [5.74, 6) is 0.907. The minimum Gasteiger partial charge on any atom is -0.354 e. The Kier molecular flexibility index (Phi) is 2.77. The van der Waals surface area contributed by atoms with Crippen molar-refractivity contribution in [3.63, 3.8) is 0 Å². The monoisotopic (exact) mass is 224 g/mol. The summed E-state index contributed by atoms with van der Waals surface area (Å²) in [4.78, 5) is 16.0. The van der Waals surface area contributed by atoms with Crippen molar-refractivity contribution in [1.82, 2.24) is 24.5 Å². The first kappa shape index (κ1) is 9.85. The molecule has 6 nitrogen and oxygen atoms in total. The summed E-state index contributed by atoms with van der Waals surface area (Å²) in [6, 6.07) is 0. The fraction of sp³-hybridized carbons (Fsp3) is 0.250. The summed E-state index contributed by atoms with van der Waals surface area (Å²) in [5, 5.41) is 3.13. The molecule has 0 spiro atoms. The van der Waals surface area contributed by atoms with Crippen molar-refractivity contribution in [3.05, 3.63) is 24.0 Å². The third kappa shape index (κ3) is 2.21. The molecule has 1 N–H and O–H groups in total. The SMILES string of the molecule is CCNc1nc(Cl)nc(-n2ccnc2)n1. The average Bonchev–Trinajstić information content (AvgIpc) is 2.70. The van der Waals surface area contributed by atoms with Gasteiger partial charge < -0.3 is 5.32 Å². The van der Waals surface area contributed by atoms with Crippen LogP contribution in [0.25, 0.3) is 5.95 Å². The van der Waals surface area contributed by atoms with Crippen LogP contribution in [-0.2, 0) is 0 Å². The quantitative estimate of drug-likeness (QED) is 0.847. The molecule has 0 aliphatic carbocycles. The van der Waals surface area contributed by atoms with Crippen LogP contribution in [0.5, 0.6) is 0 Å². The number of hydrogen-bond acceptors (Lipinski definition) is 5. The lowest BCUT2D eigenvalue weighted by molar-refractivity contribution is 0.892. The number of anilines is 1. The molecule has 0 aliphatic rings. The van der Waals surface area contributed by atoms with E-state index in [0.29, 0.717) is 11.9 Å². The Bertz CT molecular complexity index is 440. The maximum Gasteiger partial charge on any atom is 0.241 e. The van der Waals surface area contributed by atoms with Crippen LogP contribution in [0.4, 0.5) is 5.95 Å². The van der Waals surface area contributed by atoms with Gasteiger partial charge in [0, 0.05) is 18.9 Å². The number of halogens is 1. The summed E-state index contributed by atoms with van der Waals surface area (Å²) in [7, 11) is 0. The first-order chi connectivity index (χ1) is 7.29. The Labute approximate surface area is 91.4 Å². The second kappa shape index (κ2) is 4.22. The summed E-state index contributed by atoms with van der Waals surface area (Å²) in [5.41, 5.74) is 0. The Morgan fingerprint density at radius 1 is 1.40 bits per heavy atom. The molecule has 0 aromatic carbocycles. The molecule has 0 radical (unpaired) electrons. The van der Waals surface area contributed by atoms with E-state index in [4.69, 9.17) is 11.6 Å². The number of nitrogens with one attached hydrogen (secondary N) is 1. The molecule has 2 aromatic rings. The lowest BCUT2D eigenvalue weighted by atomic mass is 10.7. The number of rotatable bonds is 3. The van der Waals surface area contributed by atoms with Gasteiger partial charge in [-0.05, 0) is 18.5 Å². The molecule has 0 saturated heterocycles. The molecule has 0 amide bonds. The van der Waals surface area contributed by atoms with E-state index in [0.717, 1.165) is 6.54 Å². The molecular weight excluding hydrogens is 216 g/mol. The van der Waals surface area contributed by atoms with Gasteiger partial charge in [-0.2, -0.15) is 15.0 Å². The molecule has 7 heteroatoms. The Hall–Kier alpha value is -1.69. The maximum absolute atomic E-state index is 5.77. The van der Waals surface area contributed by atoms with Crippen LogP contribution in [0.1, 0.15) is 6.92 Å². The zero-order chi connectivity index (χ0) is 10.7. The highest BCUT2D eigenvalue weighted by atomic mass is 35.5. The van der Waals surface area contributed by atoms with Crippen molar-refractivity contribution in [2.75, 3.05) is 11.9 Å². The van der Waals surface area contributed by atoms with Crippen molar-refractivity contribution in [2.45, 2.75) is 6.92 Å². The van der Waals surface area contributed by atoms with E-state index in [-0.39, 0.29) is 5.28 Å². The normalized spacial score (nSPS) is 10.3. The largest absolute Gasteiger partial charge is 0.354 e. The molecular formula is C8H9ClN6. The van der Waals surface area contributed by atoms with Crippen LogP contribution in [0.2, 0.25) is 5.28 Å². The summed E-state index contributed by atoms with van der Waals surface area (Å²) >= 11 is 5.77. The van der Waals surface area contributed by atoms with Crippen LogP contribution < -0.4 is 5.32 Å². The number of nitrogens with zero attached hydrogens (tertiary/aromatic N) is 5. The van der Waals surface area contributed by atoms with Gasteiger partial charge in [0.05, 0.1) is 0 Å². The van der Waals surface area contributed by atoms with Crippen molar-refractivity contribution < 1.29 is 0 Å². The lowest BCUT2D eigenvalue weighted by Crippen LogP contribution is -2.07. The second-order valence-corrected chi connectivity index (χ2v) is 3.07. The van der Waals surface area contributed by atoms with Gasteiger partial charge >= 0.3 is 0 Å². The number of aromatic nitrogens is 5. The van der Waals surface area contributed by atoms with Gasteiger partial charge in [0.2, 0.25) is 17.2 Å². The first-order valence-electron chi connectivity index (χ1n) is 4.43. The van der Waals surface area contributed by atoms with Gasteiger partial charge in [0.15, 0.2) is 0 Å². The van der Waals surface area contributed by atoms with Gasteiger partial charge in [-0.3, -0.25) is 4.57 Å². The lowest BCUT2D eigenvalue weighted by Gasteiger charge is -2.04. The smallest absolute Gasteiger partial charge is 0.241 e. The van der Waals surface area contributed by atoms with Crippen LogP contribution in [0, 0.1) is 0 Å². The van der Waals surface area contributed by atoms with Gasteiger partial charge in [-0.1, -0.05) is 0 Å². The van der Waals surface area contributed by atoms with Gasteiger partial charge in [0.1, 0.15) is 6.33 Å². The summed E-state index contributed by atoms with van der Waals surface area (Å²) < 4.78 is 1.66. The van der Waals surface area contributed by atoms with E-state index < -0.39 is 0 Å². The molecule has 2 aromatic heterocycles. The highest BCUT2D eigenvalue weighted by Crippen LogP contribution is 2.08. The predicted octanol–water partition coefficient (Wildman–Crippen LogP) is 1.14. The standard InChI is InChI=1S/C8H9ClN6/c1-2-11-7-12-6(9)13-8(14-7)15-4-3-10-5-15/h3-5H,2H2,1H3,(H,11,12,13,14). The van der Waals surface area contributed by atoms with E-state index in [9.17, 15) is 0 Å². The van der Waals surface area contributed by atoms with Crippen LogP contribution >= 0.6 is 11.6 Å².